The number of hydrogen-bond donors (Lipinski definition) is 0. The zero-order valence-electron chi connectivity index (χ0n) is 13.5. The van der Waals surface area contributed by atoms with Gasteiger partial charge in [-0.1, -0.05) is 18.2 Å². The first kappa shape index (κ1) is 17.8. The zero-order chi connectivity index (χ0) is 19.1. The Morgan fingerprint density at radius 2 is 1.77 bits per heavy atom. The second-order valence-electron chi connectivity index (χ2n) is 5.56. The molecule has 7 heteroatoms. The van der Waals surface area contributed by atoms with Crippen molar-refractivity contribution in [3.63, 3.8) is 0 Å². The number of ether oxygens (including phenoxy) is 1. The van der Waals surface area contributed by atoms with E-state index in [1.54, 1.807) is 0 Å². The van der Waals surface area contributed by atoms with Crippen molar-refractivity contribution in [3.8, 4) is 0 Å². The van der Waals surface area contributed by atoms with E-state index in [4.69, 9.17) is 4.74 Å². The maximum Gasteiger partial charge on any atom is 0.417 e. The number of rotatable bonds is 3. The molecule has 26 heavy (non-hydrogen) atoms. The molecule has 0 aromatic heterocycles. The Morgan fingerprint density at radius 1 is 1.08 bits per heavy atom. The van der Waals surface area contributed by atoms with Crippen molar-refractivity contribution in [1.82, 2.24) is 0 Å². The summed E-state index contributed by atoms with van der Waals surface area (Å²) in [7, 11) is 0. The van der Waals surface area contributed by atoms with Crippen LogP contribution < -0.4 is 0 Å². The van der Waals surface area contributed by atoms with Gasteiger partial charge in [0, 0.05) is 5.56 Å². The number of benzene rings is 2. The normalized spacial score (nSPS) is 13.4. The van der Waals surface area contributed by atoms with E-state index in [9.17, 15) is 27.2 Å². The van der Waals surface area contributed by atoms with Crippen LogP contribution in [-0.2, 0) is 10.9 Å². The van der Waals surface area contributed by atoms with E-state index in [1.165, 1.54) is 25.1 Å². The summed E-state index contributed by atoms with van der Waals surface area (Å²) in [5.41, 5.74) is -1.61. The summed E-state index contributed by atoms with van der Waals surface area (Å²) in [6, 6.07) is 6.68. The summed E-state index contributed by atoms with van der Waals surface area (Å²) in [6.07, 6.45) is -3.61. The molecule has 0 bridgehead atoms. The summed E-state index contributed by atoms with van der Waals surface area (Å²) in [5.74, 6) is -2.54. The quantitative estimate of drug-likeness (QED) is 0.588. The van der Waals surface area contributed by atoms with Gasteiger partial charge in [-0.2, -0.15) is 13.2 Å². The maximum absolute atomic E-state index is 14.1. The van der Waals surface area contributed by atoms with Gasteiger partial charge in [-0.15, -0.1) is 0 Å². The summed E-state index contributed by atoms with van der Waals surface area (Å²) in [6.45, 7) is 1.55. The van der Waals surface area contributed by atoms with Crippen molar-refractivity contribution >= 4 is 17.3 Å². The fourth-order valence-corrected chi connectivity index (χ4v) is 2.84. The lowest BCUT2D eigenvalue weighted by molar-refractivity contribution is -0.137. The molecule has 0 spiro atoms. The summed E-state index contributed by atoms with van der Waals surface area (Å²) in [5, 5.41) is 0. The van der Waals surface area contributed by atoms with E-state index < -0.39 is 34.9 Å². The van der Waals surface area contributed by atoms with E-state index in [1.807, 2.05) is 0 Å². The molecule has 0 amide bonds. The molecule has 0 heterocycles. The minimum Gasteiger partial charge on any atom is -0.462 e. The lowest BCUT2D eigenvalue weighted by atomic mass is 9.93. The molecular formula is C19H12F4O3. The van der Waals surface area contributed by atoms with Crippen LogP contribution in [0.1, 0.15) is 44.3 Å². The highest BCUT2D eigenvalue weighted by Gasteiger charge is 2.36. The van der Waals surface area contributed by atoms with Gasteiger partial charge in [0.25, 0.3) is 0 Å². The lowest BCUT2D eigenvalue weighted by Gasteiger charge is -2.15. The molecule has 1 aliphatic rings. The molecule has 0 fully saturated rings. The highest BCUT2D eigenvalue weighted by molar-refractivity contribution is 6.19. The molecule has 1 aliphatic carbocycles. The van der Waals surface area contributed by atoms with E-state index in [2.05, 4.69) is 0 Å². The van der Waals surface area contributed by atoms with Crippen LogP contribution in [0.4, 0.5) is 17.6 Å². The average molecular weight is 364 g/mol. The molecule has 2 aromatic rings. The van der Waals surface area contributed by atoms with E-state index in [-0.39, 0.29) is 28.9 Å². The van der Waals surface area contributed by atoms with E-state index in [0.717, 1.165) is 24.3 Å². The van der Waals surface area contributed by atoms with Crippen molar-refractivity contribution in [2.45, 2.75) is 13.1 Å². The summed E-state index contributed by atoms with van der Waals surface area (Å²) < 4.78 is 58.8. The SMILES string of the molecule is CCOC(=O)c1cc2c(cc1F)C(=O)C=C2c1ccccc1C(F)(F)F. The molecule has 0 radical (unpaired) electrons. The molecule has 0 atom stereocenters. The van der Waals surface area contributed by atoms with Crippen LogP contribution in [0, 0.1) is 5.82 Å². The number of ketones is 1. The highest BCUT2D eigenvalue weighted by Crippen LogP contribution is 2.40. The van der Waals surface area contributed by atoms with Crippen LogP contribution in [0.25, 0.3) is 5.57 Å². The van der Waals surface area contributed by atoms with Gasteiger partial charge >= 0.3 is 12.1 Å². The molecular weight excluding hydrogens is 352 g/mol. The third-order valence-corrected chi connectivity index (χ3v) is 3.96. The van der Waals surface area contributed by atoms with Crippen LogP contribution in [0.2, 0.25) is 0 Å². The fourth-order valence-electron chi connectivity index (χ4n) is 2.84. The molecule has 0 saturated carbocycles. The van der Waals surface area contributed by atoms with Crippen molar-refractivity contribution in [3.05, 3.63) is 76.1 Å². The number of hydrogen-bond acceptors (Lipinski definition) is 3. The number of carbonyl (C=O) groups excluding carboxylic acids is 2. The van der Waals surface area contributed by atoms with Crippen molar-refractivity contribution in [2.75, 3.05) is 6.61 Å². The van der Waals surface area contributed by atoms with Crippen LogP contribution in [0.3, 0.4) is 0 Å². The Morgan fingerprint density at radius 3 is 2.42 bits per heavy atom. The number of fused-ring (bicyclic) bond motifs is 1. The molecule has 0 aliphatic heterocycles. The Bertz CT molecular complexity index is 942. The molecule has 0 N–H and O–H groups in total. The highest BCUT2D eigenvalue weighted by atomic mass is 19.4. The molecule has 2 aromatic carbocycles. The number of esters is 1. The number of alkyl halides is 3. The number of carbonyl (C=O) groups is 2. The zero-order valence-corrected chi connectivity index (χ0v) is 13.5. The molecule has 3 nitrogen and oxygen atoms in total. The second-order valence-corrected chi connectivity index (χ2v) is 5.56. The standard InChI is InChI=1S/C19H12F4O3/c1-2-26-18(25)14-7-11-12(9-17(24)13(11)8-16(14)20)10-5-3-4-6-15(10)19(21,22)23/h3-9H,2H2,1H3. The minimum absolute atomic E-state index is 0.00783. The number of allylic oxidation sites excluding steroid dienone is 1. The van der Waals surface area contributed by atoms with Crippen molar-refractivity contribution < 1.29 is 31.9 Å². The van der Waals surface area contributed by atoms with Crippen LogP contribution in [-0.4, -0.2) is 18.4 Å². The molecule has 0 unspecified atom stereocenters. The van der Waals surface area contributed by atoms with Gasteiger partial charge in [0.15, 0.2) is 5.78 Å². The third-order valence-electron chi connectivity index (χ3n) is 3.96. The predicted octanol–water partition coefficient (Wildman–Crippen LogP) is 4.65. The van der Waals surface area contributed by atoms with Gasteiger partial charge in [-0.3, -0.25) is 4.79 Å². The summed E-state index contributed by atoms with van der Waals surface area (Å²) >= 11 is 0. The largest absolute Gasteiger partial charge is 0.462 e. The first-order valence-electron chi connectivity index (χ1n) is 7.67. The van der Waals surface area contributed by atoms with Gasteiger partial charge in [-0.25, -0.2) is 9.18 Å². The van der Waals surface area contributed by atoms with Gasteiger partial charge in [-0.05, 0) is 47.9 Å². The molecule has 0 saturated heterocycles. The van der Waals surface area contributed by atoms with Gasteiger partial charge in [0.2, 0.25) is 0 Å². The first-order chi connectivity index (χ1) is 12.2. The van der Waals surface area contributed by atoms with Crippen LogP contribution >= 0.6 is 0 Å². The van der Waals surface area contributed by atoms with Crippen molar-refractivity contribution in [2.24, 2.45) is 0 Å². The number of halogens is 4. The minimum atomic E-state index is -4.63. The molecule has 3 rings (SSSR count). The van der Waals surface area contributed by atoms with Gasteiger partial charge < -0.3 is 4.74 Å². The maximum atomic E-state index is 14.1. The van der Waals surface area contributed by atoms with Crippen LogP contribution in [0.15, 0.2) is 42.5 Å². The van der Waals surface area contributed by atoms with Gasteiger partial charge in [0.05, 0.1) is 17.7 Å². The lowest BCUT2D eigenvalue weighted by Crippen LogP contribution is -2.10. The monoisotopic (exact) mass is 364 g/mol. The Kier molecular flexibility index (Phi) is 4.39. The predicted molar refractivity (Wildman–Crippen MR) is 85.2 cm³/mol. The second kappa shape index (κ2) is 6.40. The fraction of sp³-hybridized carbons (Fsp3) is 0.158. The third kappa shape index (κ3) is 3.00. The average Bonchev–Trinajstić information content (AvgIpc) is 2.89. The van der Waals surface area contributed by atoms with Gasteiger partial charge in [0.1, 0.15) is 5.82 Å². The first-order valence-corrected chi connectivity index (χ1v) is 7.67. The molecule has 134 valence electrons. The summed E-state index contributed by atoms with van der Waals surface area (Å²) in [4.78, 5) is 24.0. The Balaban J connectivity index is 2.19. The smallest absolute Gasteiger partial charge is 0.417 e. The topological polar surface area (TPSA) is 43.4 Å². The van der Waals surface area contributed by atoms with Crippen molar-refractivity contribution in [1.29, 1.82) is 0 Å². The Labute approximate surface area is 145 Å². The van der Waals surface area contributed by atoms with Crippen LogP contribution in [0.5, 0.6) is 0 Å². The Hall–Kier alpha value is -2.96. The van der Waals surface area contributed by atoms with E-state index in [0.29, 0.717) is 0 Å². The van der Waals surface area contributed by atoms with E-state index >= 15 is 0 Å².